The Kier molecular flexibility index (Phi) is 4.99. The number of ether oxygens (including phenoxy) is 3. The molecule has 1 saturated carbocycles. The summed E-state index contributed by atoms with van der Waals surface area (Å²) in [5, 5.41) is 0. The molecule has 0 aromatic heterocycles. The molecule has 0 radical (unpaired) electrons. The van der Waals surface area contributed by atoms with E-state index in [1.807, 2.05) is 37.3 Å². The van der Waals surface area contributed by atoms with Gasteiger partial charge in [0.05, 0.1) is 12.7 Å². The van der Waals surface area contributed by atoms with E-state index in [1.54, 1.807) is 13.2 Å². The number of methoxy groups -OCH3 is 1. The molecule has 1 aliphatic carbocycles. The number of Topliss-reactive ketones (excluding diaryl/α,β-unsaturated/α-hetero) is 1. The molecule has 0 spiro atoms. The van der Waals surface area contributed by atoms with Crippen molar-refractivity contribution in [3.63, 3.8) is 0 Å². The highest BCUT2D eigenvalue weighted by Crippen LogP contribution is 2.44. The number of para-hydroxylation sites is 1. The summed E-state index contributed by atoms with van der Waals surface area (Å²) in [6, 6.07) is 10.1. The molecular formula is C25H27NO4. The highest BCUT2D eigenvalue weighted by molar-refractivity contribution is 6.15. The van der Waals surface area contributed by atoms with Gasteiger partial charge >= 0.3 is 0 Å². The summed E-state index contributed by atoms with van der Waals surface area (Å²) in [7, 11) is 1.62. The number of ketones is 1. The molecule has 0 unspecified atom stereocenters. The summed E-state index contributed by atoms with van der Waals surface area (Å²) < 4.78 is 17.6. The zero-order valence-electron chi connectivity index (χ0n) is 17.6. The average Bonchev–Trinajstić information content (AvgIpc) is 3.10. The number of hydrogen-bond acceptors (Lipinski definition) is 5. The lowest BCUT2D eigenvalue weighted by molar-refractivity contribution is 0.0397. The van der Waals surface area contributed by atoms with E-state index in [1.165, 1.54) is 32.1 Å². The third kappa shape index (κ3) is 3.27. The first-order chi connectivity index (χ1) is 14.7. The summed E-state index contributed by atoms with van der Waals surface area (Å²) >= 11 is 0. The van der Waals surface area contributed by atoms with Crippen LogP contribution >= 0.6 is 0 Å². The fraction of sp³-hybridized carbons (Fsp3) is 0.400. The van der Waals surface area contributed by atoms with Gasteiger partial charge < -0.3 is 14.2 Å². The Hall–Kier alpha value is -2.79. The molecule has 3 aliphatic rings. The van der Waals surface area contributed by atoms with Gasteiger partial charge in [0.25, 0.3) is 0 Å². The summed E-state index contributed by atoms with van der Waals surface area (Å²) in [4.78, 5) is 15.5. The van der Waals surface area contributed by atoms with Crippen molar-refractivity contribution in [2.75, 3.05) is 13.8 Å². The normalized spacial score (nSPS) is 20.5. The standard InChI is InChI=1S/C25H27NO4/c1-16-24-18(14-26(15-29-24)19-9-4-3-5-10-19)12-20-23(27)22(30-25(16)20)13-17-8-6-7-11-21(17)28-2/h6-8,11-13,19H,3-5,9-10,14-15H2,1-2H3/b22-13-. The number of rotatable bonds is 3. The molecule has 30 heavy (non-hydrogen) atoms. The van der Waals surface area contributed by atoms with E-state index in [9.17, 15) is 4.79 Å². The zero-order valence-corrected chi connectivity index (χ0v) is 17.6. The molecule has 2 aromatic rings. The van der Waals surface area contributed by atoms with Gasteiger partial charge in [0.15, 0.2) is 5.76 Å². The predicted octanol–water partition coefficient (Wildman–Crippen LogP) is 5.10. The van der Waals surface area contributed by atoms with Gasteiger partial charge in [0.1, 0.15) is 24.0 Å². The lowest BCUT2D eigenvalue weighted by Gasteiger charge is -2.37. The van der Waals surface area contributed by atoms with Gasteiger partial charge in [-0.15, -0.1) is 0 Å². The molecule has 156 valence electrons. The third-order valence-corrected chi connectivity index (χ3v) is 6.48. The Morgan fingerprint density at radius 3 is 2.73 bits per heavy atom. The first-order valence-corrected chi connectivity index (χ1v) is 10.8. The Morgan fingerprint density at radius 2 is 1.93 bits per heavy atom. The third-order valence-electron chi connectivity index (χ3n) is 6.48. The van der Waals surface area contributed by atoms with Gasteiger partial charge in [0.2, 0.25) is 5.78 Å². The van der Waals surface area contributed by atoms with Crippen molar-refractivity contribution in [3.8, 4) is 17.2 Å². The van der Waals surface area contributed by atoms with Crippen LogP contribution in [0, 0.1) is 6.92 Å². The lowest BCUT2D eigenvalue weighted by atomic mass is 9.93. The smallest absolute Gasteiger partial charge is 0.231 e. The minimum Gasteiger partial charge on any atom is -0.496 e. The fourth-order valence-corrected chi connectivity index (χ4v) is 4.87. The maximum absolute atomic E-state index is 13.1. The molecule has 2 aromatic carbocycles. The van der Waals surface area contributed by atoms with Crippen LogP contribution in [-0.4, -0.2) is 30.6 Å². The quantitative estimate of drug-likeness (QED) is 0.665. The average molecular weight is 405 g/mol. The first kappa shape index (κ1) is 19.2. The lowest BCUT2D eigenvalue weighted by Crippen LogP contribution is -2.41. The van der Waals surface area contributed by atoms with Crippen LogP contribution in [0.2, 0.25) is 0 Å². The number of hydrogen-bond donors (Lipinski definition) is 0. The topological polar surface area (TPSA) is 48.0 Å². The van der Waals surface area contributed by atoms with E-state index in [0.717, 1.165) is 29.0 Å². The van der Waals surface area contributed by atoms with Crippen molar-refractivity contribution in [2.24, 2.45) is 0 Å². The van der Waals surface area contributed by atoms with Crippen LogP contribution in [0.15, 0.2) is 36.1 Å². The van der Waals surface area contributed by atoms with Crippen LogP contribution in [0.4, 0.5) is 0 Å². The van der Waals surface area contributed by atoms with Crippen LogP contribution in [0.3, 0.4) is 0 Å². The van der Waals surface area contributed by atoms with Gasteiger partial charge in [-0.2, -0.15) is 0 Å². The van der Waals surface area contributed by atoms with Gasteiger partial charge in [-0.1, -0.05) is 37.5 Å². The maximum atomic E-state index is 13.1. The molecule has 5 rings (SSSR count). The molecule has 0 N–H and O–H groups in total. The molecule has 5 heteroatoms. The van der Waals surface area contributed by atoms with E-state index in [2.05, 4.69) is 4.90 Å². The van der Waals surface area contributed by atoms with Crippen molar-refractivity contribution < 1.29 is 19.0 Å². The second-order valence-corrected chi connectivity index (χ2v) is 8.36. The Bertz CT molecular complexity index is 1020. The van der Waals surface area contributed by atoms with Crippen LogP contribution in [-0.2, 0) is 6.54 Å². The molecule has 1 fully saturated rings. The van der Waals surface area contributed by atoms with Gasteiger partial charge in [-0.25, -0.2) is 0 Å². The van der Waals surface area contributed by atoms with E-state index < -0.39 is 0 Å². The van der Waals surface area contributed by atoms with Gasteiger partial charge in [0, 0.05) is 29.3 Å². The van der Waals surface area contributed by atoms with Crippen LogP contribution in [0.1, 0.15) is 59.2 Å². The number of carbonyl (C=O) groups is 1. The van der Waals surface area contributed by atoms with Crippen molar-refractivity contribution >= 4 is 11.9 Å². The van der Waals surface area contributed by atoms with E-state index >= 15 is 0 Å². The Morgan fingerprint density at radius 1 is 1.13 bits per heavy atom. The molecule has 0 bridgehead atoms. The van der Waals surface area contributed by atoms with Crippen LogP contribution in [0.25, 0.3) is 6.08 Å². The molecule has 0 saturated heterocycles. The van der Waals surface area contributed by atoms with Crippen LogP contribution in [0.5, 0.6) is 17.2 Å². The summed E-state index contributed by atoms with van der Waals surface area (Å²) in [5.41, 5.74) is 3.43. The van der Waals surface area contributed by atoms with E-state index in [0.29, 0.717) is 35.6 Å². The molecule has 0 atom stereocenters. The SMILES string of the molecule is COc1ccccc1/C=C1\Oc2c(cc3c(c2C)OCN(C2CCCCC2)C3)C1=O. The largest absolute Gasteiger partial charge is 0.496 e. The van der Waals surface area contributed by atoms with Gasteiger partial charge in [-0.05, 0) is 38.0 Å². The van der Waals surface area contributed by atoms with E-state index in [-0.39, 0.29) is 5.78 Å². The molecule has 2 aliphatic heterocycles. The number of carbonyl (C=O) groups excluding carboxylic acids is 1. The zero-order chi connectivity index (χ0) is 20.7. The summed E-state index contributed by atoms with van der Waals surface area (Å²) in [6.07, 6.45) is 8.14. The highest BCUT2D eigenvalue weighted by atomic mass is 16.5. The Labute approximate surface area is 177 Å². The van der Waals surface area contributed by atoms with Crippen LogP contribution < -0.4 is 14.2 Å². The highest BCUT2D eigenvalue weighted by Gasteiger charge is 2.35. The number of fused-ring (bicyclic) bond motifs is 2. The van der Waals surface area contributed by atoms with Crippen molar-refractivity contribution in [2.45, 2.75) is 51.6 Å². The summed E-state index contributed by atoms with van der Waals surface area (Å²) in [6.45, 7) is 3.41. The van der Waals surface area contributed by atoms with Crippen molar-refractivity contribution in [1.29, 1.82) is 0 Å². The monoisotopic (exact) mass is 405 g/mol. The minimum absolute atomic E-state index is 0.0865. The number of benzene rings is 2. The van der Waals surface area contributed by atoms with E-state index in [4.69, 9.17) is 14.2 Å². The Balaban J connectivity index is 1.46. The number of allylic oxidation sites excluding steroid dienone is 1. The molecule has 0 amide bonds. The first-order valence-electron chi connectivity index (χ1n) is 10.8. The maximum Gasteiger partial charge on any atom is 0.231 e. The summed E-state index contributed by atoms with van der Waals surface area (Å²) in [5.74, 6) is 2.43. The van der Waals surface area contributed by atoms with Gasteiger partial charge in [-0.3, -0.25) is 9.69 Å². The van der Waals surface area contributed by atoms with Crippen molar-refractivity contribution in [1.82, 2.24) is 4.90 Å². The molecule has 2 heterocycles. The molecular weight excluding hydrogens is 378 g/mol. The fourth-order valence-electron chi connectivity index (χ4n) is 4.87. The second kappa shape index (κ2) is 7.80. The minimum atomic E-state index is -0.0865. The molecule has 5 nitrogen and oxygen atoms in total. The van der Waals surface area contributed by atoms with Crippen molar-refractivity contribution in [3.05, 3.63) is 58.3 Å². The predicted molar refractivity (Wildman–Crippen MR) is 115 cm³/mol. The number of nitrogens with zero attached hydrogens (tertiary/aromatic N) is 1. The second-order valence-electron chi connectivity index (χ2n) is 8.36.